The molecule has 0 aliphatic rings. The van der Waals surface area contributed by atoms with Gasteiger partial charge in [0.25, 0.3) is 0 Å². The molecule has 7 heteroatoms. The molecule has 1 N–H and O–H groups in total. The van der Waals surface area contributed by atoms with Gasteiger partial charge in [0.05, 0.1) is 0 Å². The first kappa shape index (κ1) is 16.9. The van der Waals surface area contributed by atoms with Crippen LogP contribution in [0.25, 0.3) is 0 Å². The molecular formula is C16H19F2N3O2. The van der Waals surface area contributed by atoms with E-state index >= 15 is 0 Å². The van der Waals surface area contributed by atoms with Gasteiger partial charge in [-0.2, -0.15) is 5.10 Å². The largest absolute Gasteiger partial charge is 0.482 e. The van der Waals surface area contributed by atoms with Crippen LogP contribution in [0.3, 0.4) is 0 Å². The molecule has 1 aromatic heterocycles. The summed E-state index contributed by atoms with van der Waals surface area (Å²) in [5, 5.41) is 6.43. The molecule has 0 spiro atoms. The van der Waals surface area contributed by atoms with Crippen molar-refractivity contribution in [2.75, 3.05) is 5.32 Å². The van der Waals surface area contributed by atoms with Crippen LogP contribution < -0.4 is 10.1 Å². The van der Waals surface area contributed by atoms with Gasteiger partial charge in [-0.3, -0.25) is 9.48 Å². The topological polar surface area (TPSA) is 56.1 Å². The summed E-state index contributed by atoms with van der Waals surface area (Å²) in [7, 11) is 0. The molecule has 1 amide bonds. The molecule has 1 aromatic carbocycles. The van der Waals surface area contributed by atoms with Crippen molar-refractivity contribution in [3.63, 3.8) is 0 Å². The minimum absolute atomic E-state index is 0.0479. The molecule has 0 unspecified atom stereocenters. The van der Waals surface area contributed by atoms with Gasteiger partial charge < -0.3 is 10.1 Å². The Morgan fingerprint density at radius 3 is 2.48 bits per heavy atom. The SMILES string of the molecule is CC(C)(C)Oc1c(F)cc(NC(=O)CCn2cccn2)cc1F. The van der Waals surface area contributed by atoms with E-state index in [1.807, 2.05) is 0 Å². The Bertz CT molecular complexity index is 656. The van der Waals surface area contributed by atoms with Crippen molar-refractivity contribution in [2.45, 2.75) is 39.3 Å². The summed E-state index contributed by atoms with van der Waals surface area (Å²) in [6.45, 7) is 5.46. The minimum atomic E-state index is -0.859. The van der Waals surface area contributed by atoms with Crippen LogP contribution in [-0.4, -0.2) is 21.3 Å². The molecule has 0 aliphatic carbocycles. The van der Waals surface area contributed by atoms with Crippen LogP contribution in [0.15, 0.2) is 30.6 Å². The molecule has 23 heavy (non-hydrogen) atoms. The zero-order valence-electron chi connectivity index (χ0n) is 13.3. The highest BCUT2D eigenvalue weighted by atomic mass is 19.1. The summed E-state index contributed by atoms with van der Waals surface area (Å²) in [4.78, 5) is 11.8. The highest BCUT2D eigenvalue weighted by molar-refractivity contribution is 5.90. The highest BCUT2D eigenvalue weighted by Gasteiger charge is 2.20. The van der Waals surface area contributed by atoms with Crippen LogP contribution >= 0.6 is 0 Å². The molecule has 0 atom stereocenters. The first-order valence-electron chi connectivity index (χ1n) is 7.20. The Morgan fingerprint density at radius 2 is 1.96 bits per heavy atom. The normalized spacial score (nSPS) is 11.3. The van der Waals surface area contributed by atoms with Crippen molar-refractivity contribution in [1.29, 1.82) is 0 Å². The zero-order valence-corrected chi connectivity index (χ0v) is 13.3. The molecule has 124 valence electrons. The van der Waals surface area contributed by atoms with E-state index in [2.05, 4.69) is 10.4 Å². The average Bonchev–Trinajstić information content (AvgIpc) is 2.93. The summed E-state index contributed by atoms with van der Waals surface area (Å²) in [6, 6.07) is 3.82. The number of hydrogen-bond acceptors (Lipinski definition) is 3. The molecule has 2 rings (SSSR count). The number of halogens is 2. The van der Waals surface area contributed by atoms with E-state index < -0.39 is 23.0 Å². The van der Waals surface area contributed by atoms with Crippen molar-refractivity contribution in [3.05, 3.63) is 42.2 Å². The van der Waals surface area contributed by atoms with Gasteiger partial charge in [0.15, 0.2) is 17.4 Å². The monoisotopic (exact) mass is 323 g/mol. The summed E-state index contributed by atoms with van der Waals surface area (Å²) < 4.78 is 34.8. The van der Waals surface area contributed by atoms with E-state index in [0.29, 0.717) is 6.54 Å². The molecule has 0 bridgehead atoms. The van der Waals surface area contributed by atoms with Crippen LogP contribution in [0.4, 0.5) is 14.5 Å². The van der Waals surface area contributed by atoms with Crippen LogP contribution in [0.5, 0.6) is 5.75 Å². The number of anilines is 1. The number of rotatable bonds is 5. The fraction of sp³-hybridized carbons (Fsp3) is 0.375. The van der Waals surface area contributed by atoms with Gasteiger partial charge >= 0.3 is 0 Å². The van der Waals surface area contributed by atoms with E-state index in [0.717, 1.165) is 12.1 Å². The number of nitrogens with one attached hydrogen (secondary N) is 1. The van der Waals surface area contributed by atoms with Crippen LogP contribution in [0, 0.1) is 11.6 Å². The number of benzene rings is 1. The number of carbonyl (C=O) groups is 1. The van der Waals surface area contributed by atoms with Crippen molar-refractivity contribution in [2.24, 2.45) is 0 Å². The summed E-state index contributed by atoms with van der Waals surface area (Å²) in [5.41, 5.74) is -0.678. The van der Waals surface area contributed by atoms with Crippen molar-refractivity contribution < 1.29 is 18.3 Å². The van der Waals surface area contributed by atoms with Crippen LogP contribution in [0.1, 0.15) is 27.2 Å². The lowest BCUT2D eigenvalue weighted by atomic mass is 10.2. The first-order chi connectivity index (χ1) is 10.7. The fourth-order valence-corrected chi connectivity index (χ4v) is 1.91. The van der Waals surface area contributed by atoms with E-state index in [1.54, 1.807) is 43.9 Å². The van der Waals surface area contributed by atoms with Gasteiger partial charge in [-0.1, -0.05) is 0 Å². The predicted octanol–water partition coefficient (Wildman–Crippen LogP) is 3.37. The Balaban J connectivity index is 2.01. The maximum absolute atomic E-state index is 14.0. The van der Waals surface area contributed by atoms with Crippen molar-refractivity contribution >= 4 is 11.6 Å². The smallest absolute Gasteiger partial charge is 0.226 e. The maximum Gasteiger partial charge on any atom is 0.226 e. The number of hydrogen-bond donors (Lipinski definition) is 1. The second-order valence-electron chi connectivity index (χ2n) is 6.05. The Hall–Kier alpha value is -2.44. The standard InChI is InChI=1S/C16H19F2N3O2/c1-16(2,3)23-15-12(17)9-11(10-13(15)18)20-14(22)5-8-21-7-4-6-19-21/h4,6-7,9-10H,5,8H2,1-3H3,(H,20,22). The minimum Gasteiger partial charge on any atom is -0.482 e. The number of aromatic nitrogens is 2. The maximum atomic E-state index is 14.0. The van der Waals surface area contributed by atoms with Gasteiger partial charge in [0.1, 0.15) is 5.60 Å². The molecule has 2 aromatic rings. The number of nitrogens with zero attached hydrogens (tertiary/aromatic N) is 2. The third-order valence-corrected chi connectivity index (χ3v) is 2.82. The molecule has 5 nitrogen and oxygen atoms in total. The summed E-state index contributed by atoms with van der Waals surface area (Å²) >= 11 is 0. The van der Waals surface area contributed by atoms with Crippen molar-refractivity contribution in [1.82, 2.24) is 9.78 Å². The molecule has 0 fully saturated rings. The zero-order chi connectivity index (χ0) is 17.0. The number of aryl methyl sites for hydroxylation is 1. The average molecular weight is 323 g/mol. The molecule has 0 saturated carbocycles. The summed E-state index contributed by atoms with van der Waals surface area (Å²) in [6.07, 6.45) is 3.48. The number of ether oxygens (including phenoxy) is 1. The first-order valence-corrected chi connectivity index (χ1v) is 7.20. The van der Waals surface area contributed by atoms with Crippen molar-refractivity contribution in [3.8, 4) is 5.75 Å². The fourth-order valence-electron chi connectivity index (χ4n) is 1.91. The lowest BCUT2D eigenvalue weighted by Gasteiger charge is -2.22. The van der Waals surface area contributed by atoms with E-state index in [1.165, 1.54) is 0 Å². The number of carbonyl (C=O) groups excluding carboxylic acids is 1. The molecule has 0 saturated heterocycles. The van der Waals surface area contributed by atoms with Gasteiger partial charge in [-0.25, -0.2) is 8.78 Å². The number of amides is 1. The molecule has 0 aliphatic heterocycles. The highest BCUT2D eigenvalue weighted by Crippen LogP contribution is 2.28. The molecule has 1 heterocycles. The third kappa shape index (κ3) is 5.05. The van der Waals surface area contributed by atoms with Crippen LogP contribution in [0.2, 0.25) is 0 Å². The molecule has 0 radical (unpaired) electrons. The molecular weight excluding hydrogens is 304 g/mol. The predicted molar refractivity (Wildman–Crippen MR) is 82.2 cm³/mol. The lowest BCUT2D eigenvalue weighted by Crippen LogP contribution is -2.24. The third-order valence-electron chi connectivity index (χ3n) is 2.82. The van der Waals surface area contributed by atoms with Crippen LogP contribution in [-0.2, 0) is 11.3 Å². The van der Waals surface area contributed by atoms with Gasteiger partial charge in [0, 0.05) is 43.2 Å². The second kappa shape index (κ2) is 6.76. The van der Waals surface area contributed by atoms with E-state index in [9.17, 15) is 13.6 Å². The Labute approximate surface area is 133 Å². The Morgan fingerprint density at radius 1 is 1.30 bits per heavy atom. The summed E-state index contributed by atoms with van der Waals surface area (Å²) in [5.74, 6) is -2.53. The van der Waals surface area contributed by atoms with E-state index in [-0.39, 0.29) is 18.0 Å². The van der Waals surface area contributed by atoms with Gasteiger partial charge in [0.2, 0.25) is 5.91 Å². The van der Waals surface area contributed by atoms with Gasteiger partial charge in [-0.15, -0.1) is 0 Å². The quantitative estimate of drug-likeness (QED) is 0.918. The Kier molecular flexibility index (Phi) is 4.98. The second-order valence-corrected chi connectivity index (χ2v) is 6.05. The van der Waals surface area contributed by atoms with E-state index in [4.69, 9.17) is 4.74 Å². The van der Waals surface area contributed by atoms with Gasteiger partial charge in [-0.05, 0) is 26.8 Å². The lowest BCUT2D eigenvalue weighted by molar-refractivity contribution is -0.116.